The summed E-state index contributed by atoms with van der Waals surface area (Å²) < 4.78 is 37.1. The number of para-hydroxylation sites is 1. The van der Waals surface area contributed by atoms with Gasteiger partial charge in [-0.3, -0.25) is 0 Å². The predicted molar refractivity (Wildman–Crippen MR) is 94.5 cm³/mol. The van der Waals surface area contributed by atoms with E-state index in [1.54, 1.807) is 49.6 Å². The van der Waals surface area contributed by atoms with E-state index in [1.807, 2.05) is 6.07 Å². The van der Waals surface area contributed by atoms with Crippen molar-refractivity contribution in [1.29, 1.82) is 0 Å². The van der Waals surface area contributed by atoms with Crippen LogP contribution in [0.25, 0.3) is 5.69 Å². The zero-order chi connectivity index (χ0) is 18.6. The van der Waals surface area contributed by atoms with E-state index in [4.69, 9.17) is 9.47 Å². The van der Waals surface area contributed by atoms with Crippen molar-refractivity contribution in [3.8, 4) is 17.2 Å². The number of hydrogen-bond acceptors (Lipinski definition) is 7. The first-order chi connectivity index (χ1) is 12.5. The maximum Gasteiger partial charge on any atom is 0.272 e. The zero-order valence-corrected chi connectivity index (χ0v) is 15.2. The van der Waals surface area contributed by atoms with Crippen LogP contribution in [-0.4, -0.2) is 48.6 Å². The Bertz CT molecular complexity index is 987. The van der Waals surface area contributed by atoms with Gasteiger partial charge in [-0.1, -0.05) is 29.4 Å². The number of ether oxygens (including phenoxy) is 2. The van der Waals surface area contributed by atoms with Crippen molar-refractivity contribution in [3.05, 3.63) is 54.1 Å². The molecule has 2 aromatic carbocycles. The molecule has 0 unspecified atom stereocenters. The number of aromatic nitrogens is 4. The molecule has 0 atom stereocenters. The Morgan fingerprint density at radius 1 is 1.00 bits per heavy atom. The topological polar surface area (TPSA) is 96.2 Å². The molecule has 0 N–H and O–H groups in total. The fourth-order valence-corrected chi connectivity index (χ4v) is 3.74. The van der Waals surface area contributed by atoms with Crippen LogP contribution in [0.2, 0.25) is 0 Å². The second-order valence-electron chi connectivity index (χ2n) is 5.47. The third-order valence-electron chi connectivity index (χ3n) is 3.83. The van der Waals surface area contributed by atoms with E-state index < -0.39 is 9.84 Å². The molecule has 0 saturated heterocycles. The van der Waals surface area contributed by atoms with Gasteiger partial charge >= 0.3 is 0 Å². The highest BCUT2D eigenvalue weighted by atomic mass is 32.2. The molecule has 0 spiro atoms. The lowest BCUT2D eigenvalue weighted by atomic mass is 10.1. The average molecular weight is 374 g/mol. The largest absolute Gasteiger partial charge is 0.493 e. The van der Waals surface area contributed by atoms with Crippen LogP contribution in [0.3, 0.4) is 0 Å². The fraction of sp³-hybridized carbons (Fsp3) is 0.235. The van der Waals surface area contributed by atoms with E-state index in [-0.39, 0.29) is 10.9 Å². The molecule has 8 nitrogen and oxygen atoms in total. The SMILES string of the molecule is COc1ccc(CCS(=O)(=O)c2nnnn2-c2ccccc2)cc1OC. The van der Waals surface area contributed by atoms with Crippen LogP contribution in [0.15, 0.2) is 53.7 Å². The smallest absolute Gasteiger partial charge is 0.272 e. The van der Waals surface area contributed by atoms with Gasteiger partial charge in [-0.15, -0.1) is 0 Å². The summed E-state index contributed by atoms with van der Waals surface area (Å²) in [5.74, 6) is 1.01. The van der Waals surface area contributed by atoms with Gasteiger partial charge in [0.15, 0.2) is 11.5 Å². The van der Waals surface area contributed by atoms with E-state index >= 15 is 0 Å². The summed E-state index contributed by atoms with van der Waals surface area (Å²) in [7, 11) is -0.593. The maximum atomic E-state index is 12.7. The molecule has 0 amide bonds. The summed E-state index contributed by atoms with van der Waals surface area (Å²) in [6.07, 6.45) is 0.296. The number of rotatable bonds is 7. The summed E-state index contributed by atoms with van der Waals surface area (Å²) in [6, 6.07) is 14.2. The van der Waals surface area contributed by atoms with E-state index in [9.17, 15) is 8.42 Å². The fourth-order valence-electron chi connectivity index (χ4n) is 2.48. The van der Waals surface area contributed by atoms with Crippen LogP contribution in [0.5, 0.6) is 11.5 Å². The number of nitrogens with zero attached hydrogens (tertiary/aromatic N) is 4. The monoisotopic (exact) mass is 374 g/mol. The predicted octanol–water partition coefficient (Wildman–Crippen LogP) is 1.70. The number of methoxy groups -OCH3 is 2. The van der Waals surface area contributed by atoms with Crippen molar-refractivity contribution in [2.24, 2.45) is 0 Å². The number of sulfone groups is 1. The Morgan fingerprint density at radius 3 is 2.42 bits per heavy atom. The van der Waals surface area contributed by atoms with Gasteiger partial charge in [-0.05, 0) is 46.7 Å². The van der Waals surface area contributed by atoms with E-state index in [0.29, 0.717) is 23.6 Å². The van der Waals surface area contributed by atoms with Crippen molar-refractivity contribution < 1.29 is 17.9 Å². The molecule has 3 aromatic rings. The molecule has 0 radical (unpaired) electrons. The summed E-state index contributed by atoms with van der Waals surface area (Å²) in [4.78, 5) is 0. The van der Waals surface area contributed by atoms with Crippen molar-refractivity contribution in [3.63, 3.8) is 0 Å². The van der Waals surface area contributed by atoms with Gasteiger partial charge in [0.2, 0.25) is 9.84 Å². The summed E-state index contributed by atoms with van der Waals surface area (Å²) in [6.45, 7) is 0. The molecule has 9 heteroatoms. The molecule has 0 aliphatic rings. The van der Waals surface area contributed by atoms with Gasteiger partial charge in [0, 0.05) is 0 Å². The van der Waals surface area contributed by atoms with Crippen molar-refractivity contribution >= 4 is 9.84 Å². The molecule has 1 aromatic heterocycles. The molecular formula is C17H18N4O4S. The normalized spacial score (nSPS) is 11.3. The second kappa shape index (κ2) is 7.52. The minimum absolute atomic E-state index is 0.129. The van der Waals surface area contributed by atoms with Gasteiger partial charge in [-0.2, -0.15) is 4.68 Å². The Hall–Kier alpha value is -2.94. The third-order valence-corrected chi connectivity index (χ3v) is 5.38. The number of hydrogen-bond donors (Lipinski definition) is 0. The highest BCUT2D eigenvalue weighted by molar-refractivity contribution is 7.91. The van der Waals surface area contributed by atoms with Crippen molar-refractivity contribution in [2.45, 2.75) is 11.6 Å². The highest BCUT2D eigenvalue weighted by Gasteiger charge is 2.24. The van der Waals surface area contributed by atoms with Crippen LogP contribution in [0.1, 0.15) is 5.56 Å². The van der Waals surface area contributed by atoms with Gasteiger partial charge in [-0.25, -0.2) is 8.42 Å². The van der Waals surface area contributed by atoms with E-state index in [1.165, 1.54) is 11.8 Å². The Morgan fingerprint density at radius 2 is 1.73 bits per heavy atom. The van der Waals surface area contributed by atoms with Gasteiger partial charge in [0.05, 0.1) is 25.7 Å². The highest BCUT2D eigenvalue weighted by Crippen LogP contribution is 2.28. The molecule has 0 saturated carbocycles. The number of benzene rings is 2. The lowest BCUT2D eigenvalue weighted by molar-refractivity contribution is 0.354. The van der Waals surface area contributed by atoms with E-state index in [2.05, 4.69) is 15.5 Å². The van der Waals surface area contributed by atoms with Crippen molar-refractivity contribution in [1.82, 2.24) is 20.2 Å². The first-order valence-corrected chi connectivity index (χ1v) is 9.48. The van der Waals surface area contributed by atoms with Gasteiger partial charge < -0.3 is 9.47 Å². The second-order valence-corrected chi connectivity index (χ2v) is 7.47. The molecule has 1 heterocycles. The molecule has 136 valence electrons. The zero-order valence-electron chi connectivity index (χ0n) is 14.4. The Labute approximate surface area is 151 Å². The Kier molecular flexibility index (Phi) is 5.17. The first kappa shape index (κ1) is 17.9. The number of aryl methyl sites for hydroxylation is 1. The molecular weight excluding hydrogens is 356 g/mol. The van der Waals surface area contributed by atoms with Crippen LogP contribution in [0, 0.1) is 0 Å². The molecule has 0 bridgehead atoms. The molecule has 3 rings (SSSR count). The third kappa shape index (κ3) is 3.67. The average Bonchev–Trinajstić information content (AvgIpc) is 3.18. The lowest BCUT2D eigenvalue weighted by Crippen LogP contribution is -2.15. The maximum absolute atomic E-state index is 12.7. The van der Waals surface area contributed by atoms with Crippen LogP contribution in [-0.2, 0) is 16.3 Å². The van der Waals surface area contributed by atoms with Crippen LogP contribution >= 0.6 is 0 Å². The minimum atomic E-state index is -3.67. The van der Waals surface area contributed by atoms with Gasteiger partial charge in [0.1, 0.15) is 0 Å². The first-order valence-electron chi connectivity index (χ1n) is 7.82. The van der Waals surface area contributed by atoms with Crippen molar-refractivity contribution in [2.75, 3.05) is 20.0 Å². The number of tetrazole rings is 1. The minimum Gasteiger partial charge on any atom is -0.493 e. The molecule has 26 heavy (non-hydrogen) atoms. The molecule has 0 fully saturated rings. The molecule has 0 aliphatic heterocycles. The quantitative estimate of drug-likeness (QED) is 0.621. The van der Waals surface area contributed by atoms with Gasteiger partial charge in [0.25, 0.3) is 5.16 Å². The summed E-state index contributed by atoms with van der Waals surface area (Å²) in [5.41, 5.74) is 1.40. The lowest BCUT2D eigenvalue weighted by Gasteiger charge is -2.10. The molecule has 0 aliphatic carbocycles. The Balaban J connectivity index is 1.82. The van der Waals surface area contributed by atoms with Crippen LogP contribution in [0.4, 0.5) is 0 Å². The summed E-state index contributed by atoms with van der Waals surface area (Å²) in [5, 5.41) is 10.8. The standard InChI is InChI=1S/C17H18N4O4S/c1-24-15-9-8-13(12-16(15)25-2)10-11-26(22,23)17-18-19-20-21(17)14-6-4-3-5-7-14/h3-9,12H,10-11H2,1-2H3. The summed E-state index contributed by atoms with van der Waals surface area (Å²) >= 11 is 0. The van der Waals surface area contributed by atoms with Crippen LogP contribution < -0.4 is 9.47 Å². The van der Waals surface area contributed by atoms with E-state index in [0.717, 1.165) is 5.56 Å².